The van der Waals surface area contributed by atoms with Crippen LogP contribution in [0.3, 0.4) is 0 Å². The fourth-order valence-electron chi connectivity index (χ4n) is 2.97. The number of nitrogens with zero attached hydrogens (tertiary/aromatic N) is 3. The number of amides is 1. The van der Waals surface area contributed by atoms with Crippen molar-refractivity contribution in [2.45, 2.75) is 32.3 Å². The number of rotatable bonds is 7. The number of piperidine rings is 1. The van der Waals surface area contributed by atoms with Crippen LogP contribution in [0.5, 0.6) is 17.5 Å². The first-order valence-corrected chi connectivity index (χ1v) is 9.20. The summed E-state index contributed by atoms with van der Waals surface area (Å²) in [7, 11) is 1.58. The number of para-hydroxylation sites is 2. The average Bonchev–Trinajstić information content (AvgIpc) is 2.73. The molecule has 1 amide bonds. The van der Waals surface area contributed by atoms with Gasteiger partial charge in [0.25, 0.3) is 5.91 Å². The van der Waals surface area contributed by atoms with Crippen LogP contribution in [0.15, 0.2) is 36.7 Å². The Morgan fingerprint density at radius 1 is 1.22 bits per heavy atom. The summed E-state index contributed by atoms with van der Waals surface area (Å²) in [5.74, 6) is 1.09. The van der Waals surface area contributed by atoms with Gasteiger partial charge >= 0.3 is 6.01 Å². The fourth-order valence-corrected chi connectivity index (χ4v) is 2.97. The Balaban J connectivity index is 1.52. The molecule has 1 fully saturated rings. The number of likely N-dealkylation sites (tertiary alicyclic amines) is 1. The van der Waals surface area contributed by atoms with Crippen molar-refractivity contribution in [3.63, 3.8) is 0 Å². The first kappa shape index (κ1) is 18.9. The number of aromatic nitrogens is 2. The molecular formula is C20H25N3O4. The number of hydrogen-bond acceptors (Lipinski definition) is 6. The van der Waals surface area contributed by atoms with Gasteiger partial charge in [0.15, 0.2) is 18.1 Å². The van der Waals surface area contributed by atoms with Crippen molar-refractivity contribution in [1.82, 2.24) is 14.9 Å². The van der Waals surface area contributed by atoms with Crippen molar-refractivity contribution >= 4 is 5.91 Å². The van der Waals surface area contributed by atoms with Crippen LogP contribution in [0.4, 0.5) is 0 Å². The van der Waals surface area contributed by atoms with Crippen LogP contribution in [0.2, 0.25) is 0 Å². The second kappa shape index (κ2) is 9.21. The largest absolute Gasteiger partial charge is 0.493 e. The smallest absolute Gasteiger partial charge is 0.316 e. The van der Waals surface area contributed by atoms with Gasteiger partial charge in [0.2, 0.25) is 0 Å². The van der Waals surface area contributed by atoms with E-state index in [1.807, 2.05) is 12.1 Å². The van der Waals surface area contributed by atoms with E-state index in [0.29, 0.717) is 30.6 Å². The van der Waals surface area contributed by atoms with Gasteiger partial charge < -0.3 is 19.1 Å². The predicted octanol–water partition coefficient (Wildman–Crippen LogP) is 2.50. The van der Waals surface area contributed by atoms with Gasteiger partial charge in [-0.1, -0.05) is 19.1 Å². The first-order valence-electron chi connectivity index (χ1n) is 9.20. The minimum absolute atomic E-state index is 0.0329. The first-order chi connectivity index (χ1) is 13.2. The van der Waals surface area contributed by atoms with Gasteiger partial charge in [-0.2, -0.15) is 0 Å². The number of carbonyl (C=O) groups excluding carboxylic acids is 1. The zero-order valence-corrected chi connectivity index (χ0v) is 15.8. The van der Waals surface area contributed by atoms with E-state index in [0.717, 1.165) is 24.8 Å². The highest BCUT2D eigenvalue weighted by Crippen LogP contribution is 2.26. The van der Waals surface area contributed by atoms with Crippen LogP contribution < -0.4 is 14.2 Å². The van der Waals surface area contributed by atoms with E-state index in [4.69, 9.17) is 14.2 Å². The Morgan fingerprint density at radius 3 is 2.67 bits per heavy atom. The Bertz CT molecular complexity index is 751. The third-order valence-corrected chi connectivity index (χ3v) is 4.51. The molecule has 3 rings (SSSR count). The molecular weight excluding hydrogens is 346 g/mol. The van der Waals surface area contributed by atoms with Gasteiger partial charge in [-0.05, 0) is 37.0 Å². The molecule has 2 aromatic rings. The maximum atomic E-state index is 12.5. The summed E-state index contributed by atoms with van der Waals surface area (Å²) in [5.41, 5.74) is 1.07. The summed E-state index contributed by atoms with van der Waals surface area (Å²) in [6, 6.07) is 7.64. The number of carbonyl (C=O) groups is 1. The van der Waals surface area contributed by atoms with Crippen molar-refractivity contribution in [2.24, 2.45) is 0 Å². The Morgan fingerprint density at radius 2 is 1.96 bits per heavy atom. The molecule has 7 nitrogen and oxygen atoms in total. The lowest BCUT2D eigenvalue weighted by Gasteiger charge is -2.32. The normalized spacial score (nSPS) is 16.7. The number of ether oxygens (including phenoxy) is 3. The predicted molar refractivity (Wildman–Crippen MR) is 100 cm³/mol. The van der Waals surface area contributed by atoms with E-state index in [2.05, 4.69) is 16.9 Å². The van der Waals surface area contributed by atoms with Gasteiger partial charge in [0, 0.05) is 18.9 Å². The summed E-state index contributed by atoms with van der Waals surface area (Å²) in [6.45, 7) is 3.22. The molecule has 0 N–H and O–H groups in total. The molecule has 27 heavy (non-hydrogen) atoms. The zero-order valence-electron chi connectivity index (χ0n) is 15.8. The Kier molecular flexibility index (Phi) is 6.46. The van der Waals surface area contributed by atoms with Crippen LogP contribution >= 0.6 is 0 Å². The van der Waals surface area contributed by atoms with Crippen LogP contribution in [-0.4, -0.2) is 53.7 Å². The van der Waals surface area contributed by atoms with Gasteiger partial charge in [-0.15, -0.1) is 0 Å². The van der Waals surface area contributed by atoms with Crippen LogP contribution in [0.1, 0.15) is 25.3 Å². The van der Waals surface area contributed by atoms with Crippen molar-refractivity contribution in [3.8, 4) is 17.5 Å². The van der Waals surface area contributed by atoms with Crippen molar-refractivity contribution < 1.29 is 19.0 Å². The third kappa shape index (κ3) is 5.09. The molecule has 1 aromatic heterocycles. The zero-order chi connectivity index (χ0) is 19.1. The summed E-state index contributed by atoms with van der Waals surface area (Å²) in [4.78, 5) is 22.8. The summed E-state index contributed by atoms with van der Waals surface area (Å²) < 4.78 is 16.7. The lowest BCUT2D eigenvalue weighted by Crippen LogP contribution is -2.46. The maximum absolute atomic E-state index is 12.5. The number of benzene rings is 1. The molecule has 1 saturated heterocycles. The molecule has 1 aromatic carbocycles. The molecule has 0 spiro atoms. The standard InChI is InChI=1S/C20H25N3O4/c1-3-15-11-21-20(22-12-15)27-16-7-6-10-23(13-16)19(24)14-26-18-9-5-4-8-17(18)25-2/h4-5,8-9,11-12,16H,3,6-7,10,13-14H2,1-2H3. The van der Waals surface area contributed by atoms with Crippen molar-refractivity contribution in [2.75, 3.05) is 26.8 Å². The SMILES string of the molecule is CCc1cnc(OC2CCCN(C(=O)COc3ccccc3OC)C2)nc1. The topological polar surface area (TPSA) is 73.8 Å². The summed E-state index contributed by atoms with van der Waals surface area (Å²) in [5, 5.41) is 0. The van der Waals surface area contributed by atoms with E-state index in [9.17, 15) is 4.79 Å². The van der Waals surface area contributed by atoms with E-state index in [-0.39, 0.29) is 18.6 Å². The molecule has 1 aliphatic rings. The Labute approximate surface area is 159 Å². The van der Waals surface area contributed by atoms with Crippen LogP contribution in [0, 0.1) is 0 Å². The highest BCUT2D eigenvalue weighted by Gasteiger charge is 2.26. The molecule has 1 aliphatic heterocycles. The van der Waals surface area contributed by atoms with Gasteiger partial charge in [0.1, 0.15) is 6.10 Å². The monoisotopic (exact) mass is 371 g/mol. The molecule has 0 aliphatic carbocycles. The molecule has 0 saturated carbocycles. The molecule has 2 heterocycles. The second-order valence-electron chi connectivity index (χ2n) is 6.39. The van der Waals surface area contributed by atoms with E-state index in [1.54, 1.807) is 36.5 Å². The van der Waals surface area contributed by atoms with E-state index < -0.39 is 0 Å². The van der Waals surface area contributed by atoms with Crippen molar-refractivity contribution in [1.29, 1.82) is 0 Å². The third-order valence-electron chi connectivity index (χ3n) is 4.51. The highest BCUT2D eigenvalue weighted by atomic mass is 16.5. The number of hydrogen-bond donors (Lipinski definition) is 0. The molecule has 144 valence electrons. The van der Waals surface area contributed by atoms with Crippen LogP contribution in [-0.2, 0) is 11.2 Å². The van der Waals surface area contributed by atoms with E-state index >= 15 is 0 Å². The van der Waals surface area contributed by atoms with Gasteiger partial charge in [-0.25, -0.2) is 9.97 Å². The Hall–Kier alpha value is -2.83. The lowest BCUT2D eigenvalue weighted by molar-refractivity contribution is -0.136. The number of aryl methyl sites for hydroxylation is 1. The quantitative estimate of drug-likeness (QED) is 0.745. The molecule has 1 unspecified atom stereocenters. The second-order valence-corrected chi connectivity index (χ2v) is 6.39. The molecule has 7 heteroatoms. The minimum atomic E-state index is -0.110. The maximum Gasteiger partial charge on any atom is 0.316 e. The molecule has 0 bridgehead atoms. The van der Waals surface area contributed by atoms with E-state index in [1.165, 1.54) is 0 Å². The average molecular weight is 371 g/mol. The fraction of sp³-hybridized carbons (Fsp3) is 0.450. The van der Waals surface area contributed by atoms with Crippen molar-refractivity contribution in [3.05, 3.63) is 42.2 Å². The lowest BCUT2D eigenvalue weighted by atomic mass is 10.1. The minimum Gasteiger partial charge on any atom is -0.493 e. The molecule has 1 atom stereocenters. The highest BCUT2D eigenvalue weighted by molar-refractivity contribution is 5.78. The van der Waals surface area contributed by atoms with Gasteiger partial charge in [-0.3, -0.25) is 4.79 Å². The number of methoxy groups -OCH3 is 1. The van der Waals surface area contributed by atoms with Gasteiger partial charge in [0.05, 0.1) is 13.7 Å². The summed E-state index contributed by atoms with van der Waals surface area (Å²) >= 11 is 0. The van der Waals surface area contributed by atoms with Crippen LogP contribution in [0.25, 0.3) is 0 Å². The summed E-state index contributed by atoms with van der Waals surface area (Å²) in [6.07, 6.45) is 6.07. The molecule has 0 radical (unpaired) electrons.